The first-order chi connectivity index (χ1) is 5.52. The van der Waals surface area contributed by atoms with Gasteiger partial charge in [-0.1, -0.05) is 6.92 Å². The van der Waals surface area contributed by atoms with E-state index in [0.717, 1.165) is 5.69 Å². The summed E-state index contributed by atoms with van der Waals surface area (Å²) in [5.41, 5.74) is 6.65. The molecule has 0 spiro atoms. The highest BCUT2D eigenvalue weighted by atomic mass is 14.8. The van der Waals surface area contributed by atoms with Crippen LogP contribution >= 0.6 is 0 Å². The summed E-state index contributed by atoms with van der Waals surface area (Å²) in [5.74, 6) is 0.228. The van der Waals surface area contributed by atoms with E-state index in [2.05, 4.69) is 16.9 Å². The topological polar surface area (TPSA) is 51.8 Å². The van der Waals surface area contributed by atoms with Crippen LogP contribution < -0.4 is 5.73 Å². The van der Waals surface area contributed by atoms with Crippen molar-refractivity contribution in [2.75, 3.05) is 0 Å². The molecule has 0 saturated heterocycles. The van der Waals surface area contributed by atoms with E-state index in [1.807, 2.05) is 13.8 Å². The molecular weight excluding hydrogens is 150 g/mol. The van der Waals surface area contributed by atoms with Crippen molar-refractivity contribution in [3.8, 4) is 0 Å². The van der Waals surface area contributed by atoms with Gasteiger partial charge in [-0.25, -0.2) is 0 Å². The number of nitrogens with zero attached hydrogens (tertiary/aromatic N) is 2. The minimum absolute atomic E-state index is 0.228. The van der Waals surface area contributed by atoms with Gasteiger partial charge in [0, 0.05) is 30.0 Å². The number of aromatic nitrogens is 2. The maximum atomic E-state index is 5.94. The molecule has 0 fully saturated rings. The highest BCUT2D eigenvalue weighted by molar-refractivity contribution is 5.08. The van der Waals surface area contributed by atoms with Crippen molar-refractivity contribution in [2.45, 2.75) is 32.2 Å². The van der Waals surface area contributed by atoms with Gasteiger partial charge in [-0.3, -0.25) is 9.97 Å². The van der Waals surface area contributed by atoms with Crippen LogP contribution in [-0.4, -0.2) is 15.5 Å². The summed E-state index contributed by atoms with van der Waals surface area (Å²) in [6, 6.07) is 0. The predicted octanol–water partition coefficient (Wildman–Crippen LogP) is 1.32. The van der Waals surface area contributed by atoms with Gasteiger partial charge in [-0.05, 0) is 13.8 Å². The number of hydrogen-bond donors (Lipinski definition) is 1. The second kappa shape index (κ2) is 3.19. The highest BCUT2D eigenvalue weighted by Crippen LogP contribution is 2.22. The lowest BCUT2D eigenvalue weighted by Gasteiger charge is -2.26. The van der Waals surface area contributed by atoms with Crippen LogP contribution in [0.5, 0.6) is 0 Å². The standard InChI is InChI=1S/C9H15N3/c1-7(9(2,3)10)8-6-11-4-5-12-8/h4-7H,10H2,1-3H3. The van der Waals surface area contributed by atoms with Crippen LogP contribution in [0.1, 0.15) is 32.4 Å². The normalized spacial score (nSPS) is 14.3. The van der Waals surface area contributed by atoms with Crippen molar-refractivity contribution in [1.29, 1.82) is 0 Å². The van der Waals surface area contributed by atoms with Gasteiger partial charge in [0.2, 0.25) is 0 Å². The van der Waals surface area contributed by atoms with Gasteiger partial charge in [0.1, 0.15) is 0 Å². The van der Waals surface area contributed by atoms with Gasteiger partial charge in [0.05, 0.1) is 5.69 Å². The molecular formula is C9H15N3. The first kappa shape index (κ1) is 9.13. The highest BCUT2D eigenvalue weighted by Gasteiger charge is 2.22. The third-order valence-corrected chi connectivity index (χ3v) is 2.14. The first-order valence-corrected chi connectivity index (χ1v) is 4.06. The van der Waals surface area contributed by atoms with E-state index in [4.69, 9.17) is 5.73 Å². The number of nitrogens with two attached hydrogens (primary N) is 1. The van der Waals surface area contributed by atoms with Crippen LogP contribution in [-0.2, 0) is 0 Å². The zero-order valence-corrected chi connectivity index (χ0v) is 7.78. The summed E-state index contributed by atoms with van der Waals surface area (Å²) in [4.78, 5) is 8.20. The second-order valence-corrected chi connectivity index (χ2v) is 3.67. The maximum Gasteiger partial charge on any atom is 0.0632 e. The third kappa shape index (κ3) is 2.01. The lowest BCUT2D eigenvalue weighted by atomic mass is 9.88. The minimum Gasteiger partial charge on any atom is -0.325 e. The van der Waals surface area contributed by atoms with Gasteiger partial charge < -0.3 is 5.73 Å². The molecule has 3 nitrogen and oxygen atoms in total. The van der Waals surface area contributed by atoms with Gasteiger partial charge in [0.15, 0.2) is 0 Å². The minimum atomic E-state index is -0.240. The Morgan fingerprint density at radius 2 is 2.08 bits per heavy atom. The molecule has 0 aliphatic carbocycles. The van der Waals surface area contributed by atoms with Crippen LogP contribution in [0.2, 0.25) is 0 Å². The van der Waals surface area contributed by atoms with E-state index < -0.39 is 0 Å². The maximum absolute atomic E-state index is 5.94. The fourth-order valence-electron chi connectivity index (χ4n) is 0.915. The third-order valence-electron chi connectivity index (χ3n) is 2.14. The van der Waals surface area contributed by atoms with Gasteiger partial charge in [0.25, 0.3) is 0 Å². The van der Waals surface area contributed by atoms with Crippen molar-refractivity contribution in [2.24, 2.45) is 5.73 Å². The lowest BCUT2D eigenvalue weighted by molar-refractivity contribution is 0.427. The van der Waals surface area contributed by atoms with Crippen molar-refractivity contribution in [3.63, 3.8) is 0 Å². The Balaban J connectivity index is 2.86. The van der Waals surface area contributed by atoms with Gasteiger partial charge in [-0.2, -0.15) is 0 Å². The average molecular weight is 165 g/mol. The van der Waals surface area contributed by atoms with E-state index in [9.17, 15) is 0 Å². The van der Waals surface area contributed by atoms with Crippen LogP contribution in [0.4, 0.5) is 0 Å². The Bertz CT molecular complexity index is 238. The molecule has 0 aliphatic heterocycles. The van der Waals surface area contributed by atoms with E-state index in [1.165, 1.54) is 0 Å². The van der Waals surface area contributed by atoms with Crippen LogP contribution in [0.3, 0.4) is 0 Å². The molecule has 0 radical (unpaired) electrons. The molecule has 3 heteroatoms. The fourth-order valence-corrected chi connectivity index (χ4v) is 0.915. The second-order valence-electron chi connectivity index (χ2n) is 3.67. The molecule has 1 heterocycles. The van der Waals surface area contributed by atoms with Crippen LogP contribution in [0, 0.1) is 0 Å². The van der Waals surface area contributed by atoms with Crippen LogP contribution in [0.25, 0.3) is 0 Å². The number of hydrogen-bond acceptors (Lipinski definition) is 3. The smallest absolute Gasteiger partial charge is 0.0632 e. The largest absolute Gasteiger partial charge is 0.325 e. The zero-order valence-electron chi connectivity index (χ0n) is 7.78. The predicted molar refractivity (Wildman–Crippen MR) is 48.7 cm³/mol. The Morgan fingerprint density at radius 1 is 1.42 bits per heavy atom. The molecule has 1 aromatic heterocycles. The van der Waals surface area contributed by atoms with Crippen molar-refractivity contribution in [3.05, 3.63) is 24.3 Å². The molecule has 66 valence electrons. The molecule has 0 aromatic carbocycles. The molecule has 1 atom stereocenters. The monoisotopic (exact) mass is 165 g/mol. The summed E-state index contributed by atoms with van der Waals surface area (Å²) < 4.78 is 0. The summed E-state index contributed by atoms with van der Waals surface area (Å²) in [5, 5.41) is 0. The molecule has 1 rings (SSSR count). The van der Waals surface area contributed by atoms with Crippen LogP contribution in [0.15, 0.2) is 18.6 Å². The molecule has 1 aromatic rings. The molecule has 12 heavy (non-hydrogen) atoms. The van der Waals surface area contributed by atoms with Crippen molar-refractivity contribution >= 4 is 0 Å². The SMILES string of the molecule is CC(c1cnccn1)C(C)(C)N. The average Bonchev–Trinajstić information content (AvgIpc) is 2.03. The number of rotatable bonds is 2. The Morgan fingerprint density at radius 3 is 2.50 bits per heavy atom. The molecule has 1 unspecified atom stereocenters. The zero-order chi connectivity index (χ0) is 9.19. The summed E-state index contributed by atoms with van der Waals surface area (Å²) in [6.07, 6.45) is 5.12. The van der Waals surface area contributed by atoms with Crippen molar-refractivity contribution in [1.82, 2.24) is 9.97 Å². The van der Waals surface area contributed by atoms with Crippen molar-refractivity contribution < 1.29 is 0 Å². The molecule has 0 saturated carbocycles. The van der Waals surface area contributed by atoms with Gasteiger partial charge >= 0.3 is 0 Å². The summed E-state index contributed by atoms with van der Waals surface area (Å²) >= 11 is 0. The molecule has 0 aliphatic rings. The Labute approximate surface area is 73.0 Å². The summed E-state index contributed by atoms with van der Waals surface area (Å²) in [6.45, 7) is 6.04. The molecule has 2 N–H and O–H groups in total. The molecule has 0 amide bonds. The van der Waals surface area contributed by atoms with Gasteiger partial charge in [-0.15, -0.1) is 0 Å². The fraction of sp³-hybridized carbons (Fsp3) is 0.556. The Kier molecular flexibility index (Phi) is 2.43. The van der Waals surface area contributed by atoms with E-state index in [-0.39, 0.29) is 11.5 Å². The Hall–Kier alpha value is -0.960. The lowest BCUT2D eigenvalue weighted by Crippen LogP contribution is -2.38. The first-order valence-electron chi connectivity index (χ1n) is 4.06. The van der Waals surface area contributed by atoms with E-state index >= 15 is 0 Å². The van der Waals surface area contributed by atoms with E-state index in [1.54, 1.807) is 18.6 Å². The molecule has 0 bridgehead atoms. The quantitative estimate of drug-likeness (QED) is 0.719. The summed E-state index contributed by atoms with van der Waals surface area (Å²) in [7, 11) is 0. The van der Waals surface area contributed by atoms with E-state index in [0.29, 0.717) is 0 Å².